The highest BCUT2D eigenvalue weighted by molar-refractivity contribution is 6.00. The predicted octanol–water partition coefficient (Wildman–Crippen LogP) is 2.73. The Morgan fingerprint density at radius 1 is 1.29 bits per heavy atom. The highest BCUT2D eigenvalue weighted by Crippen LogP contribution is 2.30. The van der Waals surface area contributed by atoms with Crippen LogP contribution in [0.15, 0.2) is 16.5 Å². The quantitative estimate of drug-likeness (QED) is 0.916. The van der Waals surface area contributed by atoms with Gasteiger partial charge in [-0.15, -0.1) is 12.4 Å². The molecule has 21 heavy (non-hydrogen) atoms. The zero-order valence-electron chi connectivity index (χ0n) is 12.6. The number of halogens is 1. The van der Waals surface area contributed by atoms with E-state index in [1.165, 1.54) is 0 Å². The third-order valence-electron chi connectivity index (χ3n) is 4.11. The highest BCUT2D eigenvalue weighted by atomic mass is 35.5. The molecule has 0 spiro atoms. The first-order valence-electron chi connectivity index (χ1n) is 7.06. The van der Waals surface area contributed by atoms with Crippen molar-refractivity contribution in [1.82, 2.24) is 10.6 Å². The van der Waals surface area contributed by atoms with Crippen LogP contribution in [0.25, 0.3) is 11.0 Å². The molecule has 0 radical (unpaired) electrons. The minimum atomic E-state index is -0.107. The lowest BCUT2D eigenvalue weighted by Gasteiger charge is -2.26. The van der Waals surface area contributed by atoms with Gasteiger partial charge in [0.25, 0.3) is 5.91 Å². The molecule has 0 saturated carbocycles. The third-order valence-corrected chi connectivity index (χ3v) is 4.11. The molecule has 1 aromatic heterocycles. The number of rotatable bonds is 3. The van der Waals surface area contributed by atoms with E-state index < -0.39 is 0 Å². The number of aryl methyl sites for hydroxylation is 3. The van der Waals surface area contributed by atoms with Gasteiger partial charge in [0.15, 0.2) is 5.76 Å². The van der Waals surface area contributed by atoms with Gasteiger partial charge in [-0.3, -0.25) is 4.79 Å². The molecule has 2 N–H and O–H groups in total. The molecule has 0 atom stereocenters. The summed E-state index contributed by atoms with van der Waals surface area (Å²) in [6.45, 7) is 8.69. The summed E-state index contributed by atoms with van der Waals surface area (Å²) in [5.74, 6) is 0.890. The minimum Gasteiger partial charge on any atom is -0.450 e. The Labute approximate surface area is 130 Å². The summed E-state index contributed by atoms with van der Waals surface area (Å²) in [7, 11) is 0. The normalized spacial score (nSPS) is 14.6. The summed E-state index contributed by atoms with van der Waals surface area (Å²) in [5.41, 5.74) is 3.98. The van der Waals surface area contributed by atoms with Gasteiger partial charge in [-0.05, 0) is 31.9 Å². The Kier molecular flexibility index (Phi) is 4.59. The Morgan fingerprint density at radius 3 is 2.52 bits per heavy atom. The molecule has 1 amide bonds. The molecule has 3 rings (SSSR count). The smallest absolute Gasteiger partial charge is 0.287 e. The maximum Gasteiger partial charge on any atom is 0.287 e. The van der Waals surface area contributed by atoms with Crippen molar-refractivity contribution < 1.29 is 9.21 Å². The second-order valence-corrected chi connectivity index (χ2v) is 5.69. The number of carbonyl (C=O) groups excluding carboxylic acids is 1. The number of carbonyl (C=O) groups is 1. The molecule has 1 fully saturated rings. The second-order valence-electron chi connectivity index (χ2n) is 5.69. The largest absolute Gasteiger partial charge is 0.450 e. The molecule has 0 unspecified atom stereocenters. The fraction of sp³-hybridized carbons (Fsp3) is 0.438. The maximum absolute atomic E-state index is 12.3. The van der Waals surface area contributed by atoms with Crippen LogP contribution in [-0.2, 0) is 0 Å². The van der Waals surface area contributed by atoms with Gasteiger partial charge in [0.05, 0.1) is 0 Å². The monoisotopic (exact) mass is 308 g/mol. The van der Waals surface area contributed by atoms with E-state index >= 15 is 0 Å². The molecule has 1 saturated heterocycles. The van der Waals surface area contributed by atoms with Crippen molar-refractivity contribution in [2.45, 2.75) is 20.8 Å². The lowest BCUT2D eigenvalue weighted by molar-refractivity contribution is 0.0915. The number of benzene rings is 1. The average Bonchev–Trinajstić information content (AvgIpc) is 2.71. The van der Waals surface area contributed by atoms with Gasteiger partial charge in [-0.25, -0.2) is 0 Å². The minimum absolute atomic E-state index is 0. The summed E-state index contributed by atoms with van der Waals surface area (Å²) in [5, 5.41) is 7.24. The number of hydrogen-bond donors (Lipinski definition) is 2. The lowest BCUT2D eigenvalue weighted by Crippen LogP contribution is -2.48. The van der Waals surface area contributed by atoms with Crippen LogP contribution in [0.1, 0.15) is 27.2 Å². The molecule has 114 valence electrons. The van der Waals surface area contributed by atoms with Crippen LogP contribution in [0.3, 0.4) is 0 Å². The van der Waals surface area contributed by atoms with Crippen LogP contribution in [0.2, 0.25) is 0 Å². The topological polar surface area (TPSA) is 54.3 Å². The van der Waals surface area contributed by atoms with Gasteiger partial charge in [-0.2, -0.15) is 0 Å². The van der Waals surface area contributed by atoms with Gasteiger partial charge in [0.1, 0.15) is 5.58 Å². The second kappa shape index (κ2) is 6.08. The van der Waals surface area contributed by atoms with Crippen molar-refractivity contribution in [3.8, 4) is 0 Å². The maximum atomic E-state index is 12.3. The first-order chi connectivity index (χ1) is 9.58. The van der Waals surface area contributed by atoms with Crippen molar-refractivity contribution in [1.29, 1.82) is 0 Å². The Balaban J connectivity index is 0.00000161. The first-order valence-corrected chi connectivity index (χ1v) is 7.06. The fourth-order valence-electron chi connectivity index (χ4n) is 2.70. The summed E-state index contributed by atoms with van der Waals surface area (Å²) in [6, 6.07) is 4.10. The van der Waals surface area contributed by atoms with Gasteiger partial charge in [0.2, 0.25) is 0 Å². The van der Waals surface area contributed by atoms with Crippen LogP contribution < -0.4 is 10.6 Å². The van der Waals surface area contributed by atoms with E-state index in [1.54, 1.807) is 0 Å². The molecule has 4 nitrogen and oxygen atoms in total. The molecule has 5 heteroatoms. The molecule has 2 aromatic rings. The molecule has 0 aliphatic carbocycles. The fourth-order valence-corrected chi connectivity index (χ4v) is 2.70. The summed E-state index contributed by atoms with van der Waals surface area (Å²) in [4.78, 5) is 12.3. The van der Waals surface area contributed by atoms with Gasteiger partial charge in [-0.1, -0.05) is 12.1 Å². The van der Waals surface area contributed by atoms with Gasteiger partial charge in [0, 0.05) is 36.5 Å². The number of amides is 1. The van der Waals surface area contributed by atoms with Crippen molar-refractivity contribution in [2.75, 3.05) is 19.6 Å². The number of hydrogen-bond acceptors (Lipinski definition) is 3. The molecule has 2 heterocycles. The zero-order valence-corrected chi connectivity index (χ0v) is 13.4. The average molecular weight is 309 g/mol. The third kappa shape index (κ3) is 2.78. The Morgan fingerprint density at radius 2 is 1.95 bits per heavy atom. The zero-order chi connectivity index (χ0) is 14.3. The van der Waals surface area contributed by atoms with Crippen molar-refractivity contribution in [3.05, 3.63) is 34.6 Å². The Bertz CT molecular complexity index is 674. The van der Waals surface area contributed by atoms with Crippen LogP contribution in [0.5, 0.6) is 0 Å². The van der Waals surface area contributed by atoms with Crippen LogP contribution >= 0.6 is 12.4 Å². The van der Waals surface area contributed by atoms with Crippen molar-refractivity contribution >= 4 is 29.3 Å². The first kappa shape index (κ1) is 15.9. The number of fused-ring (bicyclic) bond motifs is 1. The standard InChI is InChI=1S/C16H20N2O2.ClH/c1-9-4-5-10(2)14-13(9)11(3)15(20-14)16(19)18-8-12-6-17-7-12;/h4-5,12,17H,6-8H2,1-3H3,(H,18,19);1H. The number of nitrogens with one attached hydrogen (secondary N) is 2. The van der Waals surface area contributed by atoms with Crippen molar-refractivity contribution in [3.63, 3.8) is 0 Å². The van der Waals surface area contributed by atoms with Gasteiger partial charge >= 0.3 is 0 Å². The molecule has 1 aliphatic rings. The van der Waals surface area contributed by atoms with Crippen LogP contribution in [0, 0.1) is 26.7 Å². The molecular formula is C16H21ClN2O2. The molecule has 1 aliphatic heterocycles. The van der Waals surface area contributed by atoms with E-state index in [0.717, 1.165) is 40.7 Å². The van der Waals surface area contributed by atoms with E-state index in [4.69, 9.17) is 4.42 Å². The SMILES string of the molecule is Cc1ccc(C)c2c(C)c(C(=O)NCC3CNC3)oc12.Cl. The predicted molar refractivity (Wildman–Crippen MR) is 86.4 cm³/mol. The van der Waals surface area contributed by atoms with E-state index in [2.05, 4.69) is 16.7 Å². The van der Waals surface area contributed by atoms with Gasteiger partial charge < -0.3 is 15.1 Å². The van der Waals surface area contributed by atoms with E-state index in [0.29, 0.717) is 18.2 Å². The Hall–Kier alpha value is -1.52. The summed E-state index contributed by atoms with van der Waals surface area (Å²) >= 11 is 0. The van der Waals surface area contributed by atoms with E-state index in [-0.39, 0.29) is 18.3 Å². The highest BCUT2D eigenvalue weighted by Gasteiger charge is 2.22. The lowest BCUT2D eigenvalue weighted by atomic mass is 10.0. The number of furan rings is 1. The summed E-state index contributed by atoms with van der Waals surface area (Å²) < 4.78 is 5.83. The summed E-state index contributed by atoms with van der Waals surface area (Å²) in [6.07, 6.45) is 0. The molecular weight excluding hydrogens is 288 g/mol. The molecule has 1 aromatic carbocycles. The van der Waals surface area contributed by atoms with E-state index in [9.17, 15) is 4.79 Å². The molecule has 0 bridgehead atoms. The van der Waals surface area contributed by atoms with E-state index in [1.807, 2.05) is 26.8 Å². The van der Waals surface area contributed by atoms with Crippen LogP contribution in [0.4, 0.5) is 0 Å². The van der Waals surface area contributed by atoms with Crippen LogP contribution in [-0.4, -0.2) is 25.5 Å². The van der Waals surface area contributed by atoms with Crippen molar-refractivity contribution in [2.24, 2.45) is 5.92 Å².